The van der Waals surface area contributed by atoms with Crippen LogP contribution < -0.4 is 10.2 Å². The molecule has 2 aromatic heterocycles. The van der Waals surface area contributed by atoms with E-state index < -0.39 is 30.0 Å². The normalized spacial score (nSPS) is 15.8. The molecule has 3 aromatic rings. The zero-order valence-corrected chi connectivity index (χ0v) is 17.8. The van der Waals surface area contributed by atoms with E-state index in [0.29, 0.717) is 35.6 Å². The van der Waals surface area contributed by atoms with Gasteiger partial charge in [-0.3, -0.25) is 4.98 Å². The number of pyridine rings is 1. The molecule has 0 radical (unpaired) electrons. The van der Waals surface area contributed by atoms with Crippen LogP contribution in [-0.4, -0.2) is 53.2 Å². The van der Waals surface area contributed by atoms with Gasteiger partial charge in [0.25, 0.3) is 5.92 Å². The Balaban J connectivity index is 1.70. The van der Waals surface area contributed by atoms with Gasteiger partial charge in [-0.1, -0.05) is 12.1 Å². The van der Waals surface area contributed by atoms with Gasteiger partial charge < -0.3 is 20.1 Å². The zero-order valence-electron chi connectivity index (χ0n) is 17.8. The molecule has 1 saturated heterocycles. The van der Waals surface area contributed by atoms with Crippen LogP contribution in [-0.2, 0) is 10.7 Å². The standard InChI is InChI=1S/C22H24F3N5O2/c1-13(16-4-3-5-18(19(16)23)22(24,25)12-31)27-21-17-10-15(30-6-8-32-9-7-30)11-26-20(17)14(2)28-29-21/h3-5,10-11,13,31H,6-9,12H2,1-2H3,(H,27,29). The Hall–Kier alpha value is -2.98. The Morgan fingerprint density at radius 3 is 2.72 bits per heavy atom. The highest BCUT2D eigenvalue weighted by Gasteiger charge is 2.35. The van der Waals surface area contributed by atoms with Crippen molar-refractivity contribution in [2.75, 3.05) is 43.1 Å². The SMILES string of the molecule is Cc1nnc(NC(C)c2cccc(C(F)(F)CO)c2F)c2cc(N3CCOCC3)cnc12. The molecule has 1 aliphatic heterocycles. The summed E-state index contributed by atoms with van der Waals surface area (Å²) in [6, 6.07) is 4.98. The maximum Gasteiger partial charge on any atom is 0.298 e. The van der Waals surface area contributed by atoms with Crippen LogP contribution in [0.2, 0.25) is 0 Å². The van der Waals surface area contributed by atoms with Gasteiger partial charge >= 0.3 is 0 Å². The number of aliphatic hydroxyl groups excluding tert-OH is 1. The molecule has 2 N–H and O–H groups in total. The van der Waals surface area contributed by atoms with E-state index in [4.69, 9.17) is 9.84 Å². The van der Waals surface area contributed by atoms with Crippen LogP contribution in [0.25, 0.3) is 10.9 Å². The molecule has 170 valence electrons. The summed E-state index contributed by atoms with van der Waals surface area (Å²) in [6.45, 7) is 4.70. The molecule has 0 saturated carbocycles. The molecule has 7 nitrogen and oxygen atoms in total. The lowest BCUT2D eigenvalue weighted by atomic mass is 10.00. The summed E-state index contributed by atoms with van der Waals surface area (Å²) in [4.78, 5) is 6.70. The minimum atomic E-state index is -3.67. The molecule has 1 atom stereocenters. The van der Waals surface area contributed by atoms with E-state index in [1.807, 2.05) is 6.07 Å². The van der Waals surface area contributed by atoms with E-state index in [9.17, 15) is 13.2 Å². The molecule has 0 bridgehead atoms. The van der Waals surface area contributed by atoms with E-state index in [0.717, 1.165) is 24.8 Å². The molecule has 1 unspecified atom stereocenters. The molecular formula is C22H24F3N5O2. The van der Waals surface area contributed by atoms with Crippen LogP contribution >= 0.6 is 0 Å². The van der Waals surface area contributed by atoms with Crippen LogP contribution in [0, 0.1) is 12.7 Å². The van der Waals surface area contributed by atoms with Crippen molar-refractivity contribution in [1.82, 2.24) is 15.2 Å². The highest BCUT2D eigenvalue weighted by atomic mass is 19.3. The number of aliphatic hydroxyl groups is 1. The van der Waals surface area contributed by atoms with Crippen molar-refractivity contribution in [3.8, 4) is 0 Å². The monoisotopic (exact) mass is 447 g/mol. The molecule has 1 aliphatic rings. The van der Waals surface area contributed by atoms with Gasteiger partial charge in [-0.15, -0.1) is 5.10 Å². The Morgan fingerprint density at radius 2 is 2.00 bits per heavy atom. The second-order valence-electron chi connectivity index (χ2n) is 7.76. The third-order valence-corrected chi connectivity index (χ3v) is 5.59. The molecule has 32 heavy (non-hydrogen) atoms. The van der Waals surface area contributed by atoms with Gasteiger partial charge in [-0.25, -0.2) is 4.39 Å². The first kappa shape index (κ1) is 22.2. The van der Waals surface area contributed by atoms with Crippen molar-refractivity contribution < 1.29 is 23.0 Å². The lowest BCUT2D eigenvalue weighted by Gasteiger charge is -2.29. The lowest BCUT2D eigenvalue weighted by molar-refractivity contribution is -0.0583. The van der Waals surface area contributed by atoms with Gasteiger partial charge in [-0.05, 0) is 26.0 Å². The number of anilines is 2. The first-order valence-electron chi connectivity index (χ1n) is 10.3. The number of aryl methyl sites for hydroxylation is 1. The minimum absolute atomic E-state index is 0.0310. The number of nitrogens with zero attached hydrogens (tertiary/aromatic N) is 4. The summed E-state index contributed by atoms with van der Waals surface area (Å²) in [5.41, 5.74) is 1.38. The van der Waals surface area contributed by atoms with Crippen LogP contribution in [0.5, 0.6) is 0 Å². The van der Waals surface area contributed by atoms with Crippen molar-refractivity contribution in [2.45, 2.75) is 25.8 Å². The van der Waals surface area contributed by atoms with Crippen LogP contribution in [0.1, 0.15) is 29.8 Å². The quantitative estimate of drug-likeness (QED) is 0.598. The van der Waals surface area contributed by atoms with E-state index in [2.05, 4.69) is 25.4 Å². The first-order valence-corrected chi connectivity index (χ1v) is 10.3. The molecule has 1 aromatic carbocycles. The average Bonchev–Trinajstić information content (AvgIpc) is 2.81. The largest absolute Gasteiger partial charge is 0.390 e. The summed E-state index contributed by atoms with van der Waals surface area (Å²) in [7, 11) is 0. The predicted molar refractivity (Wildman–Crippen MR) is 115 cm³/mol. The summed E-state index contributed by atoms with van der Waals surface area (Å²) < 4.78 is 48.2. The van der Waals surface area contributed by atoms with E-state index in [1.54, 1.807) is 20.0 Å². The van der Waals surface area contributed by atoms with Gasteiger partial charge in [0.15, 0.2) is 5.82 Å². The maximum atomic E-state index is 14.9. The summed E-state index contributed by atoms with van der Waals surface area (Å²) in [5, 5.41) is 21.1. The number of hydrogen-bond acceptors (Lipinski definition) is 7. The van der Waals surface area contributed by atoms with Crippen molar-refractivity contribution in [2.24, 2.45) is 0 Å². The molecule has 0 amide bonds. The van der Waals surface area contributed by atoms with Gasteiger partial charge in [0.05, 0.1) is 47.9 Å². The fourth-order valence-electron chi connectivity index (χ4n) is 3.78. The molecular weight excluding hydrogens is 423 g/mol. The fourth-order valence-corrected chi connectivity index (χ4v) is 3.78. The van der Waals surface area contributed by atoms with E-state index in [-0.39, 0.29) is 5.56 Å². The van der Waals surface area contributed by atoms with Crippen LogP contribution in [0.15, 0.2) is 30.5 Å². The predicted octanol–water partition coefficient (Wildman–Crippen LogP) is 3.57. The topological polar surface area (TPSA) is 83.4 Å². The highest BCUT2D eigenvalue weighted by molar-refractivity contribution is 5.92. The minimum Gasteiger partial charge on any atom is -0.390 e. The Morgan fingerprint density at radius 1 is 1.25 bits per heavy atom. The van der Waals surface area contributed by atoms with Gasteiger partial charge in [0.2, 0.25) is 0 Å². The van der Waals surface area contributed by atoms with Crippen molar-refractivity contribution in [1.29, 1.82) is 0 Å². The molecule has 0 aliphatic carbocycles. The number of rotatable bonds is 6. The average molecular weight is 447 g/mol. The Labute approximate surface area is 183 Å². The molecule has 10 heteroatoms. The lowest BCUT2D eigenvalue weighted by Crippen LogP contribution is -2.36. The number of nitrogens with one attached hydrogen (secondary N) is 1. The number of halogens is 3. The number of morpholine rings is 1. The second-order valence-corrected chi connectivity index (χ2v) is 7.76. The third-order valence-electron chi connectivity index (χ3n) is 5.59. The zero-order chi connectivity index (χ0) is 22.9. The van der Waals surface area contributed by atoms with Gasteiger partial charge in [-0.2, -0.15) is 13.9 Å². The van der Waals surface area contributed by atoms with E-state index in [1.165, 1.54) is 12.1 Å². The molecule has 1 fully saturated rings. The molecule has 4 rings (SSSR count). The highest BCUT2D eigenvalue weighted by Crippen LogP contribution is 2.34. The van der Waals surface area contributed by atoms with E-state index >= 15 is 0 Å². The maximum absolute atomic E-state index is 14.9. The van der Waals surface area contributed by atoms with Crippen LogP contribution in [0.3, 0.4) is 0 Å². The number of alkyl halides is 2. The van der Waals surface area contributed by atoms with Gasteiger partial charge in [0, 0.05) is 24.0 Å². The number of hydrogen-bond donors (Lipinski definition) is 2. The number of ether oxygens (including phenoxy) is 1. The van der Waals surface area contributed by atoms with Crippen LogP contribution in [0.4, 0.5) is 24.7 Å². The number of benzene rings is 1. The first-order chi connectivity index (χ1) is 15.3. The van der Waals surface area contributed by atoms with Gasteiger partial charge in [0.1, 0.15) is 12.4 Å². The Bertz CT molecular complexity index is 1120. The second kappa shape index (κ2) is 8.87. The van der Waals surface area contributed by atoms with Crippen molar-refractivity contribution >= 4 is 22.4 Å². The summed E-state index contributed by atoms with van der Waals surface area (Å²) in [5.74, 6) is -4.37. The van der Waals surface area contributed by atoms with Crippen molar-refractivity contribution in [3.05, 3.63) is 53.1 Å². The number of fused-ring (bicyclic) bond motifs is 1. The molecule has 3 heterocycles. The summed E-state index contributed by atoms with van der Waals surface area (Å²) in [6.07, 6.45) is 1.77. The summed E-state index contributed by atoms with van der Waals surface area (Å²) >= 11 is 0. The Kier molecular flexibility index (Phi) is 6.16. The third kappa shape index (κ3) is 4.20. The smallest absolute Gasteiger partial charge is 0.298 e. The number of aromatic nitrogens is 3. The van der Waals surface area contributed by atoms with Crippen molar-refractivity contribution in [3.63, 3.8) is 0 Å². The molecule has 0 spiro atoms. The fraction of sp³-hybridized carbons (Fsp3) is 0.409.